The van der Waals surface area contributed by atoms with Crippen molar-refractivity contribution in [1.82, 2.24) is 24.8 Å². The van der Waals surface area contributed by atoms with Crippen molar-refractivity contribution < 1.29 is 23.5 Å². The number of nitrogens with zero attached hydrogens (tertiary/aromatic N) is 5. The molecule has 0 aliphatic carbocycles. The van der Waals surface area contributed by atoms with Crippen molar-refractivity contribution in [3.05, 3.63) is 76.3 Å². The Morgan fingerprint density at radius 2 is 1.71 bits per heavy atom. The molecule has 35 heavy (non-hydrogen) atoms. The van der Waals surface area contributed by atoms with Crippen LogP contribution in [0.15, 0.2) is 48.5 Å². The standard InChI is InChI=1S/C24H23ClFN5O4/c25-17-3-1-16(2-4-17)21-13-31-20(14-35-21)23(27-28-31)24(33)30-11-9-29(10-12-30)22(32)15-34-19-7-5-18(26)6-8-19/h1-8,21H,9-15H2/t21-/m0/s1. The van der Waals surface area contributed by atoms with E-state index in [4.69, 9.17) is 21.1 Å². The minimum atomic E-state index is -0.369. The molecular weight excluding hydrogens is 477 g/mol. The van der Waals surface area contributed by atoms with Crippen molar-refractivity contribution in [2.75, 3.05) is 32.8 Å². The zero-order valence-electron chi connectivity index (χ0n) is 18.8. The second-order valence-corrected chi connectivity index (χ2v) is 8.77. The number of carbonyl (C=O) groups excluding carboxylic acids is 2. The fourth-order valence-corrected chi connectivity index (χ4v) is 4.26. The summed E-state index contributed by atoms with van der Waals surface area (Å²) < 4.78 is 26.1. The SMILES string of the molecule is O=C(COc1ccc(F)cc1)N1CCN(C(=O)c2nnn3c2CO[C@H](c2ccc(Cl)cc2)C3)CC1. The molecule has 0 unspecified atom stereocenters. The monoisotopic (exact) mass is 499 g/mol. The Hall–Kier alpha value is -3.50. The van der Waals surface area contributed by atoms with Gasteiger partial charge >= 0.3 is 0 Å². The van der Waals surface area contributed by atoms with Crippen molar-refractivity contribution in [3.63, 3.8) is 0 Å². The molecule has 2 aromatic carbocycles. The molecule has 3 heterocycles. The highest BCUT2D eigenvalue weighted by atomic mass is 35.5. The maximum atomic E-state index is 13.1. The number of amides is 2. The lowest BCUT2D eigenvalue weighted by Gasteiger charge is -2.34. The van der Waals surface area contributed by atoms with E-state index in [9.17, 15) is 14.0 Å². The Morgan fingerprint density at radius 1 is 1.03 bits per heavy atom. The van der Waals surface area contributed by atoms with E-state index in [1.54, 1.807) is 14.5 Å². The number of halogens is 2. The molecule has 2 aliphatic heterocycles. The van der Waals surface area contributed by atoms with Crippen LogP contribution in [0.5, 0.6) is 5.75 Å². The molecule has 182 valence electrons. The van der Waals surface area contributed by atoms with E-state index in [0.29, 0.717) is 49.2 Å². The summed E-state index contributed by atoms with van der Waals surface area (Å²) in [6.45, 7) is 2.05. The van der Waals surface area contributed by atoms with Gasteiger partial charge in [0.2, 0.25) is 0 Å². The van der Waals surface area contributed by atoms with E-state index in [0.717, 1.165) is 5.56 Å². The Bertz CT molecular complexity index is 1210. The molecule has 1 aromatic heterocycles. The quantitative estimate of drug-likeness (QED) is 0.536. The number of hydrogen-bond donors (Lipinski definition) is 0. The Labute approximate surface area is 206 Å². The number of piperazine rings is 1. The Kier molecular flexibility index (Phi) is 6.65. The summed E-state index contributed by atoms with van der Waals surface area (Å²) in [4.78, 5) is 28.9. The van der Waals surface area contributed by atoms with E-state index in [2.05, 4.69) is 10.3 Å². The van der Waals surface area contributed by atoms with Gasteiger partial charge in [0.1, 0.15) is 17.7 Å². The molecular formula is C24H23ClFN5O4. The van der Waals surface area contributed by atoms with E-state index in [1.165, 1.54) is 24.3 Å². The summed E-state index contributed by atoms with van der Waals surface area (Å²) in [7, 11) is 0. The predicted molar refractivity (Wildman–Crippen MR) is 123 cm³/mol. The first-order valence-electron chi connectivity index (χ1n) is 11.2. The fraction of sp³-hybridized carbons (Fsp3) is 0.333. The molecule has 9 nitrogen and oxygen atoms in total. The zero-order chi connectivity index (χ0) is 24.4. The second kappa shape index (κ2) is 10.0. The van der Waals surface area contributed by atoms with Gasteiger partial charge in [0.05, 0.1) is 18.8 Å². The van der Waals surface area contributed by atoms with Crippen molar-refractivity contribution in [2.24, 2.45) is 0 Å². The highest BCUT2D eigenvalue weighted by Crippen LogP contribution is 2.28. The third kappa shape index (κ3) is 5.13. The molecule has 1 atom stereocenters. The number of fused-ring (bicyclic) bond motifs is 1. The topological polar surface area (TPSA) is 89.8 Å². The van der Waals surface area contributed by atoms with Crippen LogP contribution in [0.1, 0.15) is 27.8 Å². The number of ether oxygens (including phenoxy) is 2. The van der Waals surface area contributed by atoms with Crippen LogP contribution in [0.2, 0.25) is 5.02 Å². The number of rotatable bonds is 5. The van der Waals surface area contributed by atoms with Crippen LogP contribution >= 0.6 is 11.6 Å². The van der Waals surface area contributed by atoms with Crippen LogP contribution in [0.4, 0.5) is 4.39 Å². The largest absolute Gasteiger partial charge is 0.484 e. The van der Waals surface area contributed by atoms with Gasteiger partial charge in [-0.2, -0.15) is 0 Å². The molecule has 1 fully saturated rings. The van der Waals surface area contributed by atoms with Crippen LogP contribution in [0.25, 0.3) is 0 Å². The van der Waals surface area contributed by atoms with Crippen LogP contribution in [-0.2, 0) is 22.7 Å². The highest BCUT2D eigenvalue weighted by Gasteiger charge is 2.32. The fourth-order valence-electron chi connectivity index (χ4n) is 4.13. The van der Waals surface area contributed by atoms with Gasteiger partial charge < -0.3 is 19.3 Å². The number of carbonyl (C=O) groups is 2. The van der Waals surface area contributed by atoms with Crippen molar-refractivity contribution >= 4 is 23.4 Å². The summed E-state index contributed by atoms with van der Waals surface area (Å²) in [5, 5.41) is 8.96. The molecule has 0 spiro atoms. The van der Waals surface area contributed by atoms with Crippen LogP contribution in [-0.4, -0.2) is 69.4 Å². The van der Waals surface area contributed by atoms with Gasteiger partial charge in [-0.1, -0.05) is 28.9 Å². The van der Waals surface area contributed by atoms with Crippen LogP contribution in [0, 0.1) is 5.82 Å². The third-order valence-electron chi connectivity index (χ3n) is 6.14. The minimum absolute atomic E-state index is 0.149. The van der Waals surface area contributed by atoms with Crippen molar-refractivity contribution in [1.29, 1.82) is 0 Å². The third-order valence-corrected chi connectivity index (χ3v) is 6.39. The Balaban J connectivity index is 1.15. The highest BCUT2D eigenvalue weighted by molar-refractivity contribution is 6.30. The predicted octanol–water partition coefficient (Wildman–Crippen LogP) is 2.71. The number of hydrogen-bond acceptors (Lipinski definition) is 6. The summed E-state index contributed by atoms with van der Waals surface area (Å²) in [5.74, 6) is -0.365. The van der Waals surface area contributed by atoms with Gasteiger partial charge in [-0.05, 0) is 42.0 Å². The molecule has 2 aliphatic rings. The molecule has 0 N–H and O–H groups in total. The van der Waals surface area contributed by atoms with Gasteiger partial charge in [0, 0.05) is 31.2 Å². The summed E-state index contributed by atoms with van der Waals surface area (Å²) >= 11 is 5.97. The molecule has 0 radical (unpaired) electrons. The lowest BCUT2D eigenvalue weighted by Crippen LogP contribution is -2.51. The minimum Gasteiger partial charge on any atom is -0.484 e. The molecule has 2 amide bonds. The number of aromatic nitrogens is 3. The average Bonchev–Trinajstić information content (AvgIpc) is 3.31. The lowest BCUT2D eigenvalue weighted by atomic mass is 10.1. The smallest absolute Gasteiger partial charge is 0.276 e. The van der Waals surface area contributed by atoms with Crippen LogP contribution in [0.3, 0.4) is 0 Å². The maximum Gasteiger partial charge on any atom is 0.276 e. The first kappa shape index (κ1) is 23.3. The molecule has 0 bridgehead atoms. The van der Waals surface area contributed by atoms with E-state index >= 15 is 0 Å². The first-order valence-corrected chi connectivity index (χ1v) is 11.6. The molecule has 5 rings (SSSR count). The normalized spacial score (nSPS) is 17.7. The van der Waals surface area contributed by atoms with E-state index in [1.807, 2.05) is 24.3 Å². The second-order valence-electron chi connectivity index (χ2n) is 8.33. The van der Waals surface area contributed by atoms with Crippen molar-refractivity contribution in [2.45, 2.75) is 19.3 Å². The summed E-state index contributed by atoms with van der Waals surface area (Å²) in [6.07, 6.45) is -0.198. The van der Waals surface area contributed by atoms with Gasteiger partial charge in [0.15, 0.2) is 12.3 Å². The molecule has 1 saturated heterocycles. The molecule has 3 aromatic rings. The summed E-state index contributed by atoms with van der Waals surface area (Å²) in [5.41, 5.74) is 1.90. The van der Waals surface area contributed by atoms with E-state index in [-0.39, 0.29) is 42.6 Å². The van der Waals surface area contributed by atoms with E-state index < -0.39 is 0 Å². The Morgan fingerprint density at radius 3 is 2.43 bits per heavy atom. The lowest BCUT2D eigenvalue weighted by molar-refractivity contribution is -0.134. The zero-order valence-corrected chi connectivity index (χ0v) is 19.5. The maximum absolute atomic E-state index is 13.1. The van der Waals surface area contributed by atoms with Gasteiger partial charge in [-0.15, -0.1) is 5.10 Å². The molecule has 0 saturated carbocycles. The first-order chi connectivity index (χ1) is 17.0. The number of benzene rings is 2. The van der Waals surface area contributed by atoms with Gasteiger partial charge in [0.25, 0.3) is 11.8 Å². The van der Waals surface area contributed by atoms with Crippen molar-refractivity contribution in [3.8, 4) is 5.75 Å². The summed E-state index contributed by atoms with van der Waals surface area (Å²) in [6, 6.07) is 12.9. The molecule has 11 heteroatoms. The van der Waals surface area contributed by atoms with Gasteiger partial charge in [-0.3, -0.25) is 9.59 Å². The van der Waals surface area contributed by atoms with Gasteiger partial charge in [-0.25, -0.2) is 9.07 Å². The average molecular weight is 500 g/mol. The van der Waals surface area contributed by atoms with Crippen LogP contribution < -0.4 is 4.74 Å².